The predicted molar refractivity (Wildman–Crippen MR) is 101 cm³/mol. The predicted octanol–water partition coefficient (Wildman–Crippen LogP) is 4.41. The average molecular weight is 351 g/mol. The highest BCUT2D eigenvalue weighted by Gasteiger charge is 2.16. The Morgan fingerprint density at radius 1 is 0.593 bits per heavy atom. The van der Waals surface area contributed by atoms with Gasteiger partial charge in [0.05, 0.1) is 0 Å². The van der Waals surface area contributed by atoms with Gasteiger partial charge in [0.2, 0.25) is 5.82 Å². The molecule has 0 fully saturated rings. The minimum Gasteiger partial charge on any atom is -0.434 e. The van der Waals surface area contributed by atoms with Gasteiger partial charge in [-0.05, 0) is 24.3 Å². The van der Waals surface area contributed by atoms with Crippen LogP contribution in [0.3, 0.4) is 0 Å². The number of para-hydroxylation sites is 2. The lowest BCUT2D eigenvalue weighted by Gasteiger charge is -2.05. The topological polar surface area (TPSA) is 77.6 Å². The summed E-state index contributed by atoms with van der Waals surface area (Å²) in [4.78, 5) is 22.5. The van der Waals surface area contributed by atoms with Crippen LogP contribution in [0.25, 0.3) is 45.6 Å². The van der Waals surface area contributed by atoms with Gasteiger partial charge in [0, 0.05) is 23.5 Å². The second-order valence-corrected chi connectivity index (χ2v) is 5.90. The summed E-state index contributed by atoms with van der Waals surface area (Å²) in [7, 11) is 0. The summed E-state index contributed by atoms with van der Waals surface area (Å²) < 4.78 is 5.86. The summed E-state index contributed by atoms with van der Waals surface area (Å²) in [6, 6.07) is 21.1. The van der Waals surface area contributed by atoms with Gasteiger partial charge in [0.1, 0.15) is 5.52 Å². The van der Waals surface area contributed by atoms with Crippen molar-refractivity contribution in [1.29, 1.82) is 0 Å². The molecular weight excluding hydrogens is 338 g/mol. The standard InChI is InChI=1S/C21H13N5O/c1-2-7-14(8-3-1)18-24-19(15-9-6-12-22-13-15)26-20(25-18)21-23-16-10-4-5-11-17(16)27-21/h1-13H. The van der Waals surface area contributed by atoms with Crippen molar-refractivity contribution in [3.05, 3.63) is 79.1 Å². The zero-order chi connectivity index (χ0) is 18.1. The molecule has 0 saturated heterocycles. The number of pyridine rings is 1. The Balaban J connectivity index is 1.72. The highest BCUT2D eigenvalue weighted by molar-refractivity contribution is 5.75. The molecule has 0 aliphatic heterocycles. The second-order valence-electron chi connectivity index (χ2n) is 5.90. The first-order valence-electron chi connectivity index (χ1n) is 8.45. The van der Waals surface area contributed by atoms with Crippen LogP contribution >= 0.6 is 0 Å². The number of nitrogens with zero attached hydrogens (tertiary/aromatic N) is 5. The first-order valence-corrected chi connectivity index (χ1v) is 8.45. The van der Waals surface area contributed by atoms with E-state index in [2.05, 4.69) is 24.9 Å². The number of benzene rings is 2. The summed E-state index contributed by atoms with van der Waals surface area (Å²) in [5.74, 6) is 1.83. The zero-order valence-electron chi connectivity index (χ0n) is 14.1. The maximum absolute atomic E-state index is 5.86. The molecule has 5 rings (SSSR count). The number of hydrogen-bond acceptors (Lipinski definition) is 6. The van der Waals surface area contributed by atoms with Crippen molar-refractivity contribution in [2.24, 2.45) is 0 Å². The molecule has 3 aromatic heterocycles. The molecule has 3 heterocycles. The Kier molecular flexibility index (Phi) is 3.65. The first kappa shape index (κ1) is 15.3. The molecule has 0 unspecified atom stereocenters. The van der Waals surface area contributed by atoms with E-state index in [1.807, 2.05) is 66.7 Å². The van der Waals surface area contributed by atoms with E-state index in [1.54, 1.807) is 12.4 Å². The average Bonchev–Trinajstić information content (AvgIpc) is 3.19. The van der Waals surface area contributed by atoms with Gasteiger partial charge in [-0.25, -0.2) is 19.9 Å². The second kappa shape index (κ2) is 6.42. The lowest BCUT2D eigenvalue weighted by Crippen LogP contribution is -2.00. The molecule has 6 heteroatoms. The molecule has 0 bridgehead atoms. The van der Waals surface area contributed by atoms with E-state index in [1.165, 1.54) is 0 Å². The molecule has 27 heavy (non-hydrogen) atoms. The number of oxazole rings is 1. The lowest BCUT2D eigenvalue weighted by molar-refractivity contribution is 0.612. The fourth-order valence-corrected chi connectivity index (χ4v) is 2.78. The third-order valence-electron chi connectivity index (χ3n) is 4.07. The van der Waals surface area contributed by atoms with Crippen molar-refractivity contribution in [2.75, 3.05) is 0 Å². The SMILES string of the molecule is c1ccc(-c2nc(-c3cccnc3)nc(-c3nc4ccccc4o3)n2)cc1. The van der Waals surface area contributed by atoms with E-state index in [9.17, 15) is 0 Å². The zero-order valence-corrected chi connectivity index (χ0v) is 14.1. The van der Waals surface area contributed by atoms with E-state index >= 15 is 0 Å². The minimum absolute atomic E-state index is 0.362. The van der Waals surface area contributed by atoms with E-state index < -0.39 is 0 Å². The van der Waals surface area contributed by atoms with E-state index in [0.29, 0.717) is 28.9 Å². The quantitative estimate of drug-likeness (QED) is 0.479. The molecule has 5 aromatic rings. The van der Waals surface area contributed by atoms with Crippen LogP contribution in [0.4, 0.5) is 0 Å². The summed E-state index contributed by atoms with van der Waals surface area (Å²) >= 11 is 0. The van der Waals surface area contributed by atoms with Gasteiger partial charge in [-0.15, -0.1) is 0 Å². The Hall–Kier alpha value is -3.93. The molecule has 0 atom stereocenters. The highest BCUT2D eigenvalue weighted by Crippen LogP contribution is 2.26. The molecule has 0 aliphatic rings. The molecular formula is C21H13N5O. The van der Waals surface area contributed by atoms with Crippen LogP contribution in [-0.2, 0) is 0 Å². The van der Waals surface area contributed by atoms with Crippen molar-refractivity contribution >= 4 is 11.1 Å². The van der Waals surface area contributed by atoms with Crippen LogP contribution in [0, 0.1) is 0 Å². The normalized spacial score (nSPS) is 11.0. The lowest BCUT2D eigenvalue weighted by atomic mass is 10.2. The molecule has 0 saturated carbocycles. The van der Waals surface area contributed by atoms with Crippen LogP contribution in [0.1, 0.15) is 0 Å². The number of rotatable bonds is 3. The van der Waals surface area contributed by atoms with Crippen LogP contribution in [0.15, 0.2) is 83.5 Å². The summed E-state index contributed by atoms with van der Waals surface area (Å²) in [5.41, 5.74) is 3.14. The number of hydrogen-bond donors (Lipinski definition) is 0. The Labute approximate surface area is 154 Å². The Bertz CT molecular complexity index is 1130. The number of fused-ring (bicyclic) bond motifs is 1. The first-order chi connectivity index (χ1) is 13.4. The van der Waals surface area contributed by atoms with Crippen LogP contribution < -0.4 is 0 Å². The number of aromatic nitrogens is 5. The summed E-state index contributed by atoms with van der Waals surface area (Å²) in [5, 5.41) is 0. The minimum atomic E-state index is 0.362. The van der Waals surface area contributed by atoms with Gasteiger partial charge < -0.3 is 4.42 Å². The van der Waals surface area contributed by atoms with Crippen molar-refractivity contribution < 1.29 is 4.42 Å². The van der Waals surface area contributed by atoms with Crippen molar-refractivity contribution in [1.82, 2.24) is 24.9 Å². The molecule has 0 spiro atoms. The fraction of sp³-hybridized carbons (Fsp3) is 0. The summed E-state index contributed by atoms with van der Waals surface area (Å²) in [6.45, 7) is 0. The van der Waals surface area contributed by atoms with Crippen LogP contribution in [0.5, 0.6) is 0 Å². The molecule has 0 N–H and O–H groups in total. The highest BCUT2D eigenvalue weighted by atomic mass is 16.3. The van der Waals surface area contributed by atoms with Crippen molar-refractivity contribution in [3.8, 4) is 34.5 Å². The smallest absolute Gasteiger partial charge is 0.266 e. The molecule has 0 aliphatic carbocycles. The Morgan fingerprint density at radius 2 is 1.30 bits per heavy atom. The van der Waals surface area contributed by atoms with Crippen LogP contribution in [-0.4, -0.2) is 24.9 Å². The van der Waals surface area contributed by atoms with Gasteiger partial charge in [0.15, 0.2) is 17.2 Å². The molecule has 6 nitrogen and oxygen atoms in total. The monoisotopic (exact) mass is 351 g/mol. The van der Waals surface area contributed by atoms with Crippen LogP contribution in [0.2, 0.25) is 0 Å². The van der Waals surface area contributed by atoms with Crippen molar-refractivity contribution in [3.63, 3.8) is 0 Å². The van der Waals surface area contributed by atoms with Gasteiger partial charge in [-0.2, -0.15) is 0 Å². The Morgan fingerprint density at radius 3 is 2.07 bits per heavy atom. The maximum Gasteiger partial charge on any atom is 0.266 e. The molecule has 128 valence electrons. The third kappa shape index (κ3) is 2.93. The summed E-state index contributed by atoms with van der Waals surface area (Å²) in [6.07, 6.45) is 3.43. The molecule has 0 radical (unpaired) electrons. The van der Waals surface area contributed by atoms with Crippen molar-refractivity contribution in [2.45, 2.75) is 0 Å². The largest absolute Gasteiger partial charge is 0.434 e. The van der Waals surface area contributed by atoms with Gasteiger partial charge in [0.25, 0.3) is 5.89 Å². The van der Waals surface area contributed by atoms with Gasteiger partial charge >= 0.3 is 0 Å². The van der Waals surface area contributed by atoms with Gasteiger partial charge in [-0.3, -0.25) is 4.98 Å². The molecule has 2 aromatic carbocycles. The molecule has 0 amide bonds. The van der Waals surface area contributed by atoms with E-state index in [0.717, 1.165) is 16.6 Å². The maximum atomic E-state index is 5.86. The fourth-order valence-electron chi connectivity index (χ4n) is 2.78. The van der Waals surface area contributed by atoms with E-state index in [-0.39, 0.29) is 0 Å². The van der Waals surface area contributed by atoms with Gasteiger partial charge in [-0.1, -0.05) is 42.5 Å². The third-order valence-corrected chi connectivity index (χ3v) is 4.07. The van der Waals surface area contributed by atoms with E-state index in [4.69, 9.17) is 4.42 Å².